The van der Waals surface area contributed by atoms with Crippen LogP contribution in [0.5, 0.6) is 5.75 Å². The molecule has 1 aromatic carbocycles. The van der Waals surface area contributed by atoms with E-state index in [1.54, 1.807) is 18.2 Å². The van der Waals surface area contributed by atoms with Gasteiger partial charge in [-0.3, -0.25) is 10.1 Å². The number of allylic oxidation sites excluding steroid dienone is 1. The van der Waals surface area contributed by atoms with E-state index in [4.69, 9.17) is 4.74 Å². The normalized spacial score (nSPS) is 18.4. The Morgan fingerprint density at radius 1 is 1.44 bits per heavy atom. The first-order chi connectivity index (χ1) is 8.72. The summed E-state index contributed by atoms with van der Waals surface area (Å²) < 4.78 is 5.04. The van der Waals surface area contributed by atoms with Crippen molar-refractivity contribution in [3.63, 3.8) is 0 Å². The van der Waals surface area contributed by atoms with Gasteiger partial charge in [-0.1, -0.05) is 18.2 Å². The molecule has 0 saturated carbocycles. The van der Waals surface area contributed by atoms with Crippen molar-refractivity contribution in [3.05, 3.63) is 40.5 Å². The molecule has 96 valence electrons. The van der Waals surface area contributed by atoms with Gasteiger partial charge in [0.25, 0.3) is 0 Å². The Morgan fingerprint density at radius 2 is 2.28 bits per heavy atom. The highest BCUT2D eigenvalue weighted by Gasteiger charge is 2.22. The number of para-hydroxylation sites is 1. The number of rotatable bonds is 4. The number of nitrogens with one attached hydrogen (secondary N) is 1. The minimum absolute atomic E-state index is 0.00885. The van der Waals surface area contributed by atoms with Crippen LogP contribution in [-0.2, 0) is 0 Å². The Bertz CT molecular complexity index is 471. The molecule has 1 unspecified atom stereocenters. The summed E-state index contributed by atoms with van der Waals surface area (Å²) in [7, 11) is 1.44. The number of anilines is 1. The second kappa shape index (κ2) is 5.53. The zero-order valence-electron chi connectivity index (χ0n) is 10.3. The fourth-order valence-electron chi connectivity index (χ4n) is 2.14. The zero-order chi connectivity index (χ0) is 13.0. The summed E-state index contributed by atoms with van der Waals surface area (Å²) in [5.74, 6) is 0.288. The van der Waals surface area contributed by atoms with E-state index in [0.29, 0.717) is 5.69 Å². The molecule has 0 saturated heterocycles. The Balaban J connectivity index is 2.26. The molecule has 0 radical (unpaired) electrons. The first-order valence-electron chi connectivity index (χ1n) is 5.95. The zero-order valence-corrected chi connectivity index (χ0v) is 10.3. The number of methoxy groups -OCH3 is 1. The summed E-state index contributed by atoms with van der Waals surface area (Å²) in [5.41, 5.74) is 0.536. The molecule has 1 N–H and O–H groups in total. The van der Waals surface area contributed by atoms with Crippen LogP contribution in [0.4, 0.5) is 11.4 Å². The SMILES string of the molecule is COc1cccc(NC2CC=CCC2)c1[N+](=O)[O-]. The number of hydrogen-bond acceptors (Lipinski definition) is 4. The first-order valence-corrected chi connectivity index (χ1v) is 5.95. The molecule has 5 nitrogen and oxygen atoms in total. The van der Waals surface area contributed by atoms with Crippen LogP contribution in [0.1, 0.15) is 19.3 Å². The third kappa shape index (κ3) is 2.61. The lowest BCUT2D eigenvalue weighted by Crippen LogP contribution is -2.20. The van der Waals surface area contributed by atoms with Crippen LogP contribution in [0.2, 0.25) is 0 Å². The van der Waals surface area contributed by atoms with Gasteiger partial charge in [0.2, 0.25) is 0 Å². The lowest BCUT2D eigenvalue weighted by Gasteiger charge is -2.20. The monoisotopic (exact) mass is 248 g/mol. The third-order valence-corrected chi connectivity index (χ3v) is 3.03. The van der Waals surface area contributed by atoms with Crippen molar-refractivity contribution >= 4 is 11.4 Å². The highest BCUT2D eigenvalue weighted by atomic mass is 16.6. The van der Waals surface area contributed by atoms with E-state index in [1.165, 1.54) is 7.11 Å². The second-order valence-corrected chi connectivity index (χ2v) is 4.24. The van der Waals surface area contributed by atoms with Gasteiger partial charge in [0, 0.05) is 6.04 Å². The van der Waals surface area contributed by atoms with Crippen LogP contribution < -0.4 is 10.1 Å². The van der Waals surface area contributed by atoms with Gasteiger partial charge in [-0.05, 0) is 31.4 Å². The molecule has 0 aromatic heterocycles. The Morgan fingerprint density at radius 3 is 2.89 bits per heavy atom. The number of nitro groups is 1. The summed E-state index contributed by atoms with van der Waals surface area (Å²) in [6, 6.07) is 5.33. The summed E-state index contributed by atoms with van der Waals surface area (Å²) in [6.07, 6.45) is 7.14. The van der Waals surface area contributed by atoms with Gasteiger partial charge in [0.05, 0.1) is 12.0 Å². The maximum Gasteiger partial charge on any atom is 0.333 e. The molecule has 0 fully saturated rings. The number of nitrogens with zero attached hydrogens (tertiary/aromatic N) is 1. The molecule has 5 heteroatoms. The predicted molar refractivity (Wildman–Crippen MR) is 70.1 cm³/mol. The number of nitro benzene ring substituents is 1. The van der Waals surface area contributed by atoms with E-state index in [9.17, 15) is 10.1 Å². The van der Waals surface area contributed by atoms with Crippen LogP contribution in [-0.4, -0.2) is 18.1 Å². The molecule has 1 aromatic rings. The van der Waals surface area contributed by atoms with Crippen molar-refractivity contribution in [2.45, 2.75) is 25.3 Å². The van der Waals surface area contributed by atoms with Gasteiger partial charge in [-0.2, -0.15) is 0 Å². The van der Waals surface area contributed by atoms with Crippen molar-refractivity contribution in [3.8, 4) is 5.75 Å². The van der Waals surface area contributed by atoms with Crippen LogP contribution in [0.3, 0.4) is 0 Å². The molecule has 2 rings (SSSR count). The molecule has 0 heterocycles. The lowest BCUT2D eigenvalue weighted by atomic mass is 10.0. The summed E-state index contributed by atoms with van der Waals surface area (Å²) in [5, 5.41) is 14.3. The van der Waals surface area contributed by atoms with E-state index in [0.717, 1.165) is 19.3 Å². The molecular weight excluding hydrogens is 232 g/mol. The summed E-state index contributed by atoms with van der Waals surface area (Å²) in [6.45, 7) is 0. The molecule has 0 amide bonds. The van der Waals surface area contributed by atoms with Crippen molar-refractivity contribution in [1.29, 1.82) is 0 Å². The van der Waals surface area contributed by atoms with Gasteiger partial charge in [0.1, 0.15) is 5.69 Å². The maximum absolute atomic E-state index is 11.1. The van der Waals surface area contributed by atoms with Gasteiger partial charge in [-0.15, -0.1) is 0 Å². The molecule has 18 heavy (non-hydrogen) atoms. The molecular formula is C13H16N2O3. The van der Waals surface area contributed by atoms with Gasteiger partial charge >= 0.3 is 5.69 Å². The number of ether oxygens (including phenoxy) is 1. The number of hydrogen-bond donors (Lipinski definition) is 1. The fraction of sp³-hybridized carbons (Fsp3) is 0.385. The summed E-state index contributed by atoms with van der Waals surface area (Å²) in [4.78, 5) is 10.7. The van der Waals surface area contributed by atoms with Crippen LogP contribution in [0.25, 0.3) is 0 Å². The van der Waals surface area contributed by atoms with Gasteiger partial charge < -0.3 is 10.1 Å². The van der Waals surface area contributed by atoms with Crippen molar-refractivity contribution in [2.75, 3.05) is 12.4 Å². The van der Waals surface area contributed by atoms with Crippen molar-refractivity contribution in [2.24, 2.45) is 0 Å². The average Bonchev–Trinajstić information content (AvgIpc) is 2.39. The van der Waals surface area contributed by atoms with E-state index in [1.807, 2.05) is 0 Å². The quantitative estimate of drug-likeness (QED) is 0.505. The lowest BCUT2D eigenvalue weighted by molar-refractivity contribution is -0.384. The van der Waals surface area contributed by atoms with Gasteiger partial charge in [0.15, 0.2) is 5.75 Å². The van der Waals surface area contributed by atoms with Crippen molar-refractivity contribution in [1.82, 2.24) is 0 Å². The average molecular weight is 248 g/mol. The molecule has 1 aliphatic carbocycles. The highest BCUT2D eigenvalue weighted by Crippen LogP contribution is 2.35. The minimum atomic E-state index is -0.403. The summed E-state index contributed by atoms with van der Waals surface area (Å²) >= 11 is 0. The largest absolute Gasteiger partial charge is 0.490 e. The Labute approximate surface area is 106 Å². The second-order valence-electron chi connectivity index (χ2n) is 4.24. The van der Waals surface area contributed by atoms with Crippen LogP contribution in [0, 0.1) is 10.1 Å². The van der Waals surface area contributed by atoms with E-state index in [2.05, 4.69) is 17.5 Å². The minimum Gasteiger partial charge on any atom is -0.490 e. The van der Waals surface area contributed by atoms with E-state index >= 15 is 0 Å². The predicted octanol–water partition coefficient (Wildman–Crippen LogP) is 3.12. The highest BCUT2D eigenvalue weighted by molar-refractivity contribution is 5.68. The molecule has 1 atom stereocenters. The maximum atomic E-state index is 11.1. The Hall–Kier alpha value is -2.04. The van der Waals surface area contributed by atoms with Crippen LogP contribution >= 0.6 is 0 Å². The van der Waals surface area contributed by atoms with Crippen LogP contribution in [0.15, 0.2) is 30.4 Å². The topological polar surface area (TPSA) is 64.4 Å². The Kier molecular flexibility index (Phi) is 3.82. The first kappa shape index (κ1) is 12.4. The molecule has 1 aliphatic rings. The molecule has 0 bridgehead atoms. The van der Waals surface area contributed by atoms with E-state index < -0.39 is 4.92 Å². The standard InChI is InChI=1S/C13H16N2O3/c1-18-12-9-5-8-11(13(12)15(16)17)14-10-6-3-2-4-7-10/h2-3,5,8-10,14H,4,6-7H2,1H3. The van der Waals surface area contributed by atoms with Gasteiger partial charge in [-0.25, -0.2) is 0 Å². The van der Waals surface area contributed by atoms with Crippen molar-refractivity contribution < 1.29 is 9.66 Å². The molecule has 0 spiro atoms. The third-order valence-electron chi connectivity index (χ3n) is 3.03. The smallest absolute Gasteiger partial charge is 0.333 e. The number of benzene rings is 1. The molecule has 0 aliphatic heterocycles. The van der Waals surface area contributed by atoms with E-state index in [-0.39, 0.29) is 17.5 Å². The fourth-order valence-corrected chi connectivity index (χ4v) is 2.14.